The third kappa shape index (κ3) is 3.35. The Kier molecular flexibility index (Phi) is 4.26. The summed E-state index contributed by atoms with van der Waals surface area (Å²) in [6.45, 7) is 6.89. The van der Waals surface area contributed by atoms with E-state index in [1.807, 2.05) is 23.1 Å². The van der Waals surface area contributed by atoms with Gasteiger partial charge in [-0.15, -0.1) is 5.10 Å². The number of rotatable bonds is 5. The predicted octanol–water partition coefficient (Wildman–Crippen LogP) is 2.02. The molecule has 0 unspecified atom stereocenters. The Hall–Kier alpha value is -2.28. The van der Waals surface area contributed by atoms with E-state index in [9.17, 15) is 4.79 Å². The smallest absolute Gasteiger partial charge is 0.225 e. The maximum absolute atomic E-state index is 12.6. The van der Waals surface area contributed by atoms with E-state index in [0.29, 0.717) is 19.0 Å². The summed E-state index contributed by atoms with van der Waals surface area (Å²) in [4.78, 5) is 19.0. The minimum absolute atomic E-state index is 0.0429. The molecule has 2 aromatic heterocycles. The van der Waals surface area contributed by atoms with Crippen LogP contribution in [0.1, 0.15) is 57.3 Å². The van der Waals surface area contributed by atoms with Crippen molar-refractivity contribution in [1.82, 2.24) is 30.2 Å². The molecule has 0 spiro atoms. The Morgan fingerprint density at radius 2 is 2.12 bits per heavy atom. The van der Waals surface area contributed by atoms with Crippen molar-refractivity contribution in [3.8, 4) is 0 Å². The lowest BCUT2D eigenvalue weighted by molar-refractivity contribution is -0.129. The van der Waals surface area contributed by atoms with Gasteiger partial charge >= 0.3 is 0 Å². The van der Waals surface area contributed by atoms with E-state index in [2.05, 4.69) is 52.4 Å². The highest BCUT2D eigenvalue weighted by atomic mass is 16.2. The molecule has 3 heterocycles. The molecule has 1 saturated carbocycles. The van der Waals surface area contributed by atoms with E-state index in [1.54, 1.807) is 6.20 Å². The molecule has 0 bridgehead atoms. The van der Waals surface area contributed by atoms with Crippen molar-refractivity contribution in [2.75, 3.05) is 0 Å². The zero-order valence-corrected chi connectivity index (χ0v) is 15.6. The molecule has 0 radical (unpaired) electrons. The first-order valence-electron chi connectivity index (χ1n) is 9.29. The lowest BCUT2D eigenvalue weighted by atomic mass is 10.0. The molecule has 1 amide bonds. The van der Waals surface area contributed by atoms with Crippen LogP contribution in [0.15, 0.2) is 30.7 Å². The summed E-state index contributed by atoms with van der Waals surface area (Å²) >= 11 is 0. The minimum Gasteiger partial charge on any atom is -0.331 e. The van der Waals surface area contributed by atoms with Crippen LogP contribution in [0.5, 0.6) is 0 Å². The number of nitrogens with one attached hydrogen (secondary N) is 1. The molecule has 7 nitrogen and oxygen atoms in total. The number of nitrogens with zero attached hydrogens (tertiary/aromatic N) is 5. The van der Waals surface area contributed by atoms with Gasteiger partial charge in [0.2, 0.25) is 5.91 Å². The first-order chi connectivity index (χ1) is 12.4. The molecule has 1 aliphatic carbocycles. The lowest BCUT2D eigenvalue weighted by Gasteiger charge is -2.28. The first kappa shape index (κ1) is 17.1. The van der Waals surface area contributed by atoms with Crippen LogP contribution < -0.4 is 5.32 Å². The monoisotopic (exact) mass is 354 g/mol. The number of hydrogen-bond donors (Lipinski definition) is 1. The topological polar surface area (TPSA) is 75.9 Å². The standard InChI is InChI=1S/C19H26N6O/c1-19(2,3)24-12-14(22-23-24)11-21-16-9-17(26)25(15-6-7-15)18(16)13-5-4-8-20-10-13/h4-5,8,10,12,15-16,18,21H,6-7,9,11H2,1-3H3/t16-,18+/m1/s1. The number of hydrogen-bond acceptors (Lipinski definition) is 5. The van der Waals surface area contributed by atoms with Gasteiger partial charge in [-0.2, -0.15) is 0 Å². The maximum atomic E-state index is 12.6. The molecule has 138 valence electrons. The van der Waals surface area contributed by atoms with E-state index in [-0.39, 0.29) is 23.5 Å². The summed E-state index contributed by atoms with van der Waals surface area (Å²) in [6.07, 6.45) is 8.35. The van der Waals surface area contributed by atoms with Crippen molar-refractivity contribution in [3.63, 3.8) is 0 Å². The number of likely N-dealkylation sites (tertiary alicyclic amines) is 1. The van der Waals surface area contributed by atoms with E-state index in [0.717, 1.165) is 24.1 Å². The van der Waals surface area contributed by atoms with Gasteiger partial charge in [-0.3, -0.25) is 9.78 Å². The van der Waals surface area contributed by atoms with Crippen LogP contribution in [-0.2, 0) is 16.9 Å². The van der Waals surface area contributed by atoms with Gasteiger partial charge in [0.1, 0.15) is 0 Å². The fraction of sp³-hybridized carbons (Fsp3) is 0.579. The number of carbonyl (C=O) groups is 1. The minimum atomic E-state index is -0.0877. The largest absolute Gasteiger partial charge is 0.331 e. The van der Waals surface area contributed by atoms with Crippen LogP contribution in [0.3, 0.4) is 0 Å². The van der Waals surface area contributed by atoms with Gasteiger partial charge in [-0.1, -0.05) is 11.3 Å². The predicted molar refractivity (Wildman–Crippen MR) is 97.1 cm³/mol. The normalized spacial score (nSPS) is 23.7. The second kappa shape index (κ2) is 6.46. The van der Waals surface area contributed by atoms with Crippen LogP contribution >= 0.6 is 0 Å². The molecule has 1 saturated heterocycles. The first-order valence-corrected chi connectivity index (χ1v) is 9.29. The van der Waals surface area contributed by atoms with Crippen LogP contribution in [0.2, 0.25) is 0 Å². The number of amides is 1. The molecule has 1 N–H and O–H groups in total. The van der Waals surface area contributed by atoms with Gasteiger partial charge < -0.3 is 10.2 Å². The second-order valence-corrected chi connectivity index (χ2v) is 8.28. The van der Waals surface area contributed by atoms with Crippen LogP contribution in [0.4, 0.5) is 0 Å². The summed E-state index contributed by atoms with van der Waals surface area (Å²) < 4.78 is 1.87. The van der Waals surface area contributed by atoms with Gasteiger partial charge in [-0.05, 0) is 45.2 Å². The SMILES string of the molecule is CC(C)(C)n1cc(CN[C@@H]2CC(=O)N(C3CC3)[C@H]2c2cccnc2)nn1. The van der Waals surface area contributed by atoms with Crippen LogP contribution in [0.25, 0.3) is 0 Å². The average molecular weight is 354 g/mol. The summed E-state index contributed by atoms with van der Waals surface area (Å²) in [5.74, 6) is 0.234. The fourth-order valence-electron chi connectivity index (χ4n) is 3.61. The molecule has 0 aromatic carbocycles. The van der Waals surface area contributed by atoms with E-state index in [1.165, 1.54) is 0 Å². The molecule has 26 heavy (non-hydrogen) atoms. The number of pyridine rings is 1. The summed E-state index contributed by atoms with van der Waals surface area (Å²) in [7, 11) is 0. The van der Waals surface area contributed by atoms with Gasteiger partial charge in [0.05, 0.1) is 23.5 Å². The lowest BCUT2D eigenvalue weighted by Crippen LogP contribution is -2.37. The molecule has 2 fully saturated rings. The molecule has 2 aromatic rings. The third-order valence-corrected chi connectivity index (χ3v) is 5.10. The summed E-state index contributed by atoms with van der Waals surface area (Å²) in [5, 5.41) is 12.0. The van der Waals surface area contributed by atoms with Gasteiger partial charge in [-0.25, -0.2) is 4.68 Å². The van der Waals surface area contributed by atoms with Gasteiger partial charge in [0.15, 0.2) is 0 Å². The van der Waals surface area contributed by atoms with Crippen molar-refractivity contribution in [1.29, 1.82) is 0 Å². The summed E-state index contributed by atoms with van der Waals surface area (Å²) in [5.41, 5.74) is 1.90. The Labute approximate surface area is 153 Å². The molecule has 2 atom stereocenters. The van der Waals surface area contributed by atoms with Crippen molar-refractivity contribution in [2.45, 2.75) is 70.2 Å². The molecular formula is C19H26N6O. The van der Waals surface area contributed by atoms with Crippen LogP contribution in [0, 0.1) is 0 Å². The van der Waals surface area contributed by atoms with Crippen molar-refractivity contribution in [2.24, 2.45) is 0 Å². The summed E-state index contributed by atoms with van der Waals surface area (Å²) in [6, 6.07) is 4.50. The van der Waals surface area contributed by atoms with Crippen molar-refractivity contribution >= 4 is 5.91 Å². The average Bonchev–Trinajstić information content (AvgIpc) is 3.21. The van der Waals surface area contributed by atoms with Crippen molar-refractivity contribution < 1.29 is 4.79 Å². The molecule has 2 aliphatic rings. The fourth-order valence-corrected chi connectivity index (χ4v) is 3.61. The quantitative estimate of drug-likeness (QED) is 0.889. The number of carbonyl (C=O) groups excluding carboxylic acids is 1. The molecular weight excluding hydrogens is 328 g/mol. The highest BCUT2D eigenvalue weighted by Gasteiger charge is 2.47. The van der Waals surface area contributed by atoms with E-state index < -0.39 is 0 Å². The van der Waals surface area contributed by atoms with Gasteiger partial charge in [0.25, 0.3) is 0 Å². The second-order valence-electron chi connectivity index (χ2n) is 8.28. The highest BCUT2D eigenvalue weighted by Crippen LogP contribution is 2.41. The number of aromatic nitrogens is 4. The third-order valence-electron chi connectivity index (χ3n) is 5.10. The van der Waals surface area contributed by atoms with E-state index in [4.69, 9.17) is 0 Å². The maximum Gasteiger partial charge on any atom is 0.225 e. The highest BCUT2D eigenvalue weighted by molar-refractivity contribution is 5.81. The molecule has 4 rings (SSSR count). The Bertz CT molecular complexity index is 777. The molecule has 7 heteroatoms. The Balaban J connectivity index is 1.51. The van der Waals surface area contributed by atoms with E-state index >= 15 is 0 Å². The van der Waals surface area contributed by atoms with Crippen LogP contribution in [-0.4, -0.2) is 42.9 Å². The zero-order chi connectivity index (χ0) is 18.3. The zero-order valence-electron chi connectivity index (χ0n) is 15.6. The van der Waals surface area contributed by atoms with Gasteiger partial charge in [0, 0.05) is 37.4 Å². The Morgan fingerprint density at radius 3 is 2.73 bits per heavy atom. The molecule has 1 aliphatic heterocycles. The Morgan fingerprint density at radius 1 is 1.31 bits per heavy atom. The van der Waals surface area contributed by atoms with Crippen molar-refractivity contribution in [3.05, 3.63) is 42.0 Å².